The third kappa shape index (κ3) is 5.55. The first-order valence-corrected chi connectivity index (χ1v) is 11.0. The largest absolute Gasteiger partial charge is 0.350 e. The molecule has 0 unspecified atom stereocenters. The molecule has 146 valence electrons. The molecule has 0 heterocycles. The molecule has 1 aromatic carbocycles. The quantitative estimate of drug-likeness (QED) is 0.819. The summed E-state index contributed by atoms with van der Waals surface area (Å²) in [6.45, 7) is 7.46. The van der Waals surface area contributed by atoms with E-state index in [0.717, 1.165) is 0 Å². The lowest BCUT2D eigenvalue weighted by Gasteiger charge is -2.25. The second-order valence-corrected chi connectivity index (χ2v) is 10.1. The Bertz CT molecular complexity index is 700. The van der Waals surface area contributed by atoms with Crippen LogP contribution < -0.4 is 5.32 Å². The van der Waals surface area contributed by atoms with Gasteiger partial charge in [0.2, 0.25) is 15.9 Å². The number of nitrogens with zero attached hydrogens (tertiary/aromatic N) is 1. The summed E-state index contributed by atoms with van der Waals surface area (Å²) in [7, 11) is -3.68. The molecule has 0 atom stereocenters. The third-order valence-electron chi connectivity index (χ3n) is 4.78. The Morgan fingerprint density at radius 3 is 2.19 bits per heavy atom. The van der Waals surface area contributed by atoms with Gasteiger partial charge in [0.15, 0.2) is 0 Å². The zero-order chi connectivity index (χ0) is 19.4. The van der Waals surface area contributed by atoms with Crippen molar-refractivity contribution in [3.8, 4) is 0 Å². The summed E-state index contributed by atoms with van der Waals surface area (Å²) in [4.78, 5) is 12.4. The SMILES string of the molecule is CCN(CC(=O)NC(C)(C)C)S(=O)(=O)c1ccc(C2CCCCC2)cc1. The Hall–Kier alpha value is -1.40. The van der Waals surface area contributed by atoms with E-state index in [0.29, 0.717) is 5.92 Å². The van der Waals surface area contributed by atoms with E-state index in [4.69, 9.17) is 0 Å². The van der Waals surface area contributed by atoms with Crippen LogP contribution in [0.4, 0.5) is 0 Å². The highest BCUT2D eigenvalue weighted by atomic mass is 32.2. The minimum atomic E-state index is -3.68. The summed E-state index contributed by atoms with van der Waals surface area (Å²) >= 11 is 0. The summed E-state index contributed by atoms with van der Waals surface area (Å²) in [5.41, 5.74) is 0.833. The number of likely N-dealkylation sites (N-methyl/N-ethyl adjacent to an activating group) is 1. The fraction of sp³-hybridized carbons (Fsp3) is 0.650. The molecule has 1 N–H and O–H groups in total. The predicted molar refractivity (Wildman–Crippen MR) is 105 cm³/mol. The average molecular weight is 381 g/mol. The lowest BCUT2D eigenvalue weighted by Crippen LogP contribution is -2.47. The molecule has 0 saturated heterocycles. The molecule has 2 rings (SSSR count). The molecule has 0 aromatic heterocycles. The number of carbonyl (C=O) groups is 1. The van der Waals surface area contributed by atoms with Crippen LogP contribution in [0.1, 0.15) is 71.3 Å². The molecule has 1 fully saturated rings. The predicted octanol–water partition coefficient (Wildman–Crippen LogP) is 3.66. The minimum absolute atomic E-state index is 0.166. The normalized spacial score (nSPS) is 16.7. The van der Waals surface area contributed by atoms with Crippen molar-refractivity contribution >= 4 is 15.9 Å². The van der Waals surface area contributed by atoms with Crippen molar-refractivity contribution < 1.29 is 13.2 Å². The maximum absolute atomic E-state index is 12.9. The van der Waals surface area contributed by atoms with Crippen molar-refractivity contribution in [2.45, 2.75) is 76.2 Å². The lowest BCUT2D eigenvalue weighted by atomic mass is 9.84. The molecule has 0 spiro atoms. The van der Waals surface area contributed by atoms with Gasteiger partial charge in [-0.25, -0.2) is 8.42 Å². The number of amides is 1. The molecule has 1 saturated carbocycles. The van der Waals surface area contributed by atoms with Crippen LogP contribution in [0.15, 0.2) is 29.2 Å². The zero-order valence-corrected chi connectivity index (χ0v) is 17.2. The fourth-order valence-electron chi connectivity index (χ4n) is 3.48. The van der Waals surface area contributed by atoms with Gasteiger partial charge in [0.25, 0.3) is 0 Å². The van der Waals surface area contributed by atoms with Crippen molar-refractivity contribution in [1.29, 1.82) is 0 Å². The molecular formula is C20H32N2O3S. The van der Waals surface area contributed by atoms with E-state index in [1.54, 1.807) is 19.1 Å². The molecule has 6 heteroatoms. The third-order valence-corrected chi connectivity index (χ3v) is 6.72. The van der Waals surface area contributed by atoms with Gasteiger partial charge in [0.1, 0.15) is 0 Å². The summed E-state index contributed by atoms with van der Waals surface area (Å²) in [5, 5.41) is 2.81. The Kier molecular flexibility index (Phi) is 6.86. The molecule has 1 aliphatic rings. The average Bonchev–Trinajstić information content (AvgIpc) is 2.59. The molecule has 26 heavy (non-hydrogen) atoms. The van der Waals surface area contributed by atoms with Gasteiger partial charge in [-0.05, 0) is 57.2 Å². The first-order valence-electron chi connectivity index (χ1n) is 9.54. The second-order valence-electron chi connectivity index (χ2n) is 8.13. The van der Waals surface area contributed by atoms with Crippen molar-refractivity contribution in [3.63, 3.8) is 0 Å². The maximum Gasteiger partial charge on any atom is 0.243 e. The van der Waals surface area contributed by atoms with Crippen LogP contribution in [0.25, 0.3) is 0 Å². The molecule has 1 amide bonds. The fourth-order valence-corrected chi connectivity index (χ4v) is 4.89. The Morgan fingerprint density at radius 2 is 1.69 bits per heavy atom. The van der Waals surface area contributed by atoms with Gasteiger partial charge in [-0.2, -0.15) is 4.31 Å². The summed E-state index contributed by atoms with van der Waals surface area (Å²) in [5.74, 6) is 0.252. The van der Waals surface area contributed by atoms with Gasteiger partial charge >= 0.3 is 0 Å². The lowest BCUT2D eigenvalue weighted by molar-refractivity contribution is -0.122. The number of benzene rings is 1. The van der Waals surface area contributed by atoms with Crippen molar-refractivity contribution in [3.05, 3.63) is 29.8 Å². The van der Waals surface area contributed by atoms with E-state index < -0.39 is 10.0 Å². The van der Waals surface area contributed by atoms with Crippen LogP contribution in [0.2, 0.25) is 0 Å². The smallest absolute Gasteiger partial charge is 0.243 e. The van der Waals surface area contributed by atoms with Crippen LogP contribution in [0.5, 0.6) is 0 Å². The van der Waals surface area contributed by atoms with Gasteiger partial charge in [-0.1, -0.05) is 38.3 Å². The van der Waals surface area contributed by atoms with Gasteiger partial charge < -0.3 is 5.32 Å². The number of sulfonamides is 1. The summed E-state index contributed by atoms with van der Waals surface area (Å²) in [6, 6.07) is 7.24. The molecular weight excluding hydrogens is 348 g/mol. The Labute approximate surface area is 158 Å². The maximum atomic E-state index is 12.9. The highest BCUT2D eigenvalue weighted by molar-refractivity contribution is 7.89. The number of hydrogen-bond donors (Lipinski definition) is 1. The van der Waals surface area contributed by atoms with E-state index in [1.807, 2.05) is 32.9 Å². The van der Waals surface area contributed by atoms with E-state index >= 15 is 0 Å². The standard InChI is InChI=1S/C20H32N2O3S/c1-5-22(15-19(23)21-20(2,3)4)26(24,25)18-13-11-17(12-14-18)16-9-7-6-8-10-16/h11-14,16H,5-10,15H2,1-4H3,(H,21,23). The summed E-state index contributed by atoms with van der Waals surface area (Å²) in [6.07, 6.45) is 6.15. The highest BCUT2D eigenvalue weighted by Gasteiger charge is 2.27. The monoisotopic (exact) mass is 380 g/mol. The molecule has 0 aliphatic heterocycles. The van der Waals surface area contributed by atoms with Crippen LogP contribution in [-0.4, -0.2) is 37.3 Å². The van der Waals surface area contributed by atoms with E-state index in [-0.39, 0.29) is 29.4 Å². The van der Waals surface area contributed by atoms with Crippen LogP contribution >= 0.6 is 0 Å². The number of carbonyl (C=O) groups excluding carboxylic acids is 1. The van der Waals surface area contributed by atoms with E-state index in [9.17, 15) is 13.2 Å². The number of hydrogen-bond acceptors (Lipinski definition) is 3. The van der Waals surface area contributed by atoms with Gasteiger partial charge in [0, 0.05) is 12.1 Å². The molecule has 5 nitrogen and oxygen atoms in total. The van der Waals surface area contributed by atoms with Gasteiger partial charge in [-0.15, -0.1) is 0 Å². The highest BCUT2D eigenvalue weighted by Crippen LogP contribution is 2.33. The molecule has 1 aromatic rings. The van der Waals surface area contributed by atoms with Gasteiger partial charge in [-0.3, -0.25) is 4.79 Å². The minimum Gasteiger partial charge on any atom is -0.350 e. The van der Waals surface area contributed by atoms with Crippen LogP contribution in [-0.2, 0) is 14.8 Å². The molecule has 0 bridgehead atoms. The van der Waals surface area contributed by atoms with E-state index in [1.165, 1.54) is 42.0 Å². The first kappa shape index (κ1) is 20.9. The molecule has 0 radical (unpaired) electrons. The van der Waals surface area contributed by atoms with Gasteiger partial charge in [0.05, 0.1) is 11.4 Å². The number of rotatable bonds is 6. The summed E-state index contributed by atoms with van der Waals surface area (Å²) < 4.78 is 27.0. The first-order chi connectivity index (χ1) is 12.1. The second kappa shape index (κ2) is 8.53. The molecule has 1 aliphatic carbocycles. The van der Waals surface area contributed by atoms with Crippen molar-refractivity contribution in [2.24, 2.45) is 0 Å². The zero-order valence-electron chi connectivity index (χ0n) is 16.4. The van der Waals surface area contributed by atoms with Crippen LogP contribution in [0, 0.1) is 0 Å². The number of nitrogens with one attached hydrogen (secondary N) is 1. The van der Waals surface area contributed by atoms with E-state index in [2.05, 4.69) is 5.32 Å². The van der Waals surface area contributed by atoms with Crippen LogP contribution in [0.3, 0.4) is 0 Å². The Balaban J connectivity index is 2.12. The Morgan fingerprint density at radius 1 is 1.12 bits per heavy atom. The van der Waals surface area contributed by atoms with Crippen molar-refractivity contribution in [1.82, 2.24) is 9.62 Å². The topological polar surface area (TPSA) is 66.5 Å². The van der Waals surface area contributed by atoms with Crippen molar-refractivity contribution in [2.75, 3.05) is 13.1 Å².